The van der Waals surface area contributed by atoms with Gasteiger partial charge >= 0.3 is 0 Å². The van der Waals surface area contributed by atoms with Crippen molar-refractivity contribution in [2.75, 3.05) is 13.7 Å². The van der Waals surface area contributed by atoms with Crippen LogP contribution in [0.5, 0.6) is 0 Å². The summed E-state index contributed by atoms with van der Waals surface area (Å²) in [6, 6.07) is 0.453. The molecular formula is C15H24N2OS. The van der Waals surface area contributed by atoms with Gasteiger partial charge in [0.2, 0.25) is 0 Å². The van der Waals surface area contributed by atoms with Crippen molar-refractivity contribution in [3.8, 4) is 0 Å². The van der Waals surface area contributed by atoms with E-state index in [4.69, 9.17) is 9.72 Å². The molecule has 3 nitrogen and oxygen atoms in total. The molecule has 4 heteroatoms. The van der Waals surface area contributed by atoms with E-state index in [1.807, 2.05) is 18.4 Å². The predicted molar refractivity (Wildman–Crippen MR) is 78.6 cm³/mol. The van der Waals surface area contributed by atoms with Gasteiger partial charge in [-0.15, -0.1) is 11.3 Å². The van der Waals surface area contributed by atoms with Gasteiger partial charge in [-0.05, 0) is 46.1 Å². The van der Waals surface area contributed by atoms with Gasteiger partial charge in [0.1, 0.15) is 10.6 Å². The number of nitrogens with zero attached hydrogens (tertiary/aromatic N) is 1. The van der Waals surface area contributed by atoms with E-state index in [1.165, 1.54) is 47.7 Å². The average Bonchev–Trinajstić information content (AvgIpc) is 3.05. The van der Waals surface area contributed by atoms with Gasteiger partial charge in [-0.3, -0.25) is 0 Å². The zero-order valence-electron chi connectivity index (χ0n) is 12.0. The number of hydrogen-bond acceptors (Lipinski definition) is 4. The molecule has 1 N–H and O–H groups in total. The maximum Gasteiger partial charge on any atom is 0.125 e. The summed E-state index contributed by atoms with van der Waals surface area (Å²) in [7, 11) is 2.05. The highest BCUT2D eigenvalue weighted by atomic mass is 32.1. The van der Waals surface area contributed by atoms with Crippen LogP contribution < -0.4 is 5.32 Å². The molecule has 1 unspecified atom stereocenters. The number of thiazole rings is 1. The molecule has 1 aromatic rings. The molecule has 106 valence electrons. The van der Waals surface area contributed by atoms with Crippen molar-refractivity contribution in [2.45, 2.75) is 63.5 Å². The summed E-state index contributed by atoms with van der Waals surface area (Å²) in [5, 5.41) is 4.66. The average molecular weight is 280 g/mol. The number of hydrogen-bond donors (Lipinski definition) is 1. The molecule has 1 heterocycles. The SMILES string of the molecule is CCOC1(c2nc3c(s2)CCCC3NC)CCCC1. The lowest BCUT2D eigenvalue weighted by Crippen LogP contribution is -2.26. The minimum Gasteiger partial charge on any atom is -0.368 e. The van der Waals surface area contributed by atoms with Crippen LogP contribution >= 0.6 is 11.3 Å². The van der Waals surface area contributed by atoms with Crippen LogP contribution in [-0.2, 0) is 16.8 Å². The molecule has 0 aromatic carbocycles. The van der Waals surface area contributed by atoms with Crippen LogP contribution in [0.15, 0.2) is 0 Å². The Hall–Kier alpha value is -0.450. The fraction of sp³-hybridized carbons (Fsp3) is 0.800. The fourth-order valence-corrected chi connectivity index (χ4v) is 4.90. The number of aromatic nitrogens is 1. The number of ether oxygens (including phenoxy) is 1. The van der Waals surface area contributed by atoms with Gasteiger partial charge in [0, 0.05) is 11.5 Å². The summed E-state index contributed by atoms with van der Waals surface area (Å²) < 4.78 is 6.15. The van der Waals surface area contributed by atoms with Crippen LogP contribution in [-0.4, -0.2) is 18.6 Å². The summed E-state index contributed by atoms with van der Waals surface area (Å²) in [6.45, 7) is 2.89. The molecule has 1 aromatic heterocycles. The largest absolute Gasteiger partial charge is 0.368 e. The Morgan fingerprint density at radius 2 is 2.16 bits per heavy atom. The minimum atomic E-state index is -0.0605. The monoisotopic (exact) mass is 280 g/mol. The smallest absolute Gasteiger partial charge is 0.125 e. The molecule has 3 rings (SSSR count). The Kier molecular flexibility index (Phi) is 3.92. The first-order chi connectivity index (χ1) is 9.29. The van der Waals surface area contributed by atoms with Crippen LogP contribution in [0.1, 0.15) is 67.1 Å². The molecule has 1 atom stereocenters. The van der Waals surface area contributed by atoms with E-state index < -0.39 is 0 Å². The second-order valence-electron chi connectivity index (χ2n) is 5.70. The first kappa shape index (κ1) is 13.5. The summed E-state index contributed by atoms with van der Waals surface area (Å²) in [4.78, 5) is 6.50. The van der Waals surface area contributed by atoms with Crippen molar-refractivity contribution in [3.63, 3.8) is 0 Å². The van der Waals surface area contributed by atoms with Crippen LogP contribution in [0, 0.1) is 0 Å². The standard InChI is InChI=1S/C15H24N2OS/c1-3-18-15(9-4-5-10-15)14-17-13-11(16-2)7-6-8-12(13)19-14/h11,16H,3-10H2,1-2H3. The Bertz CT molecular complexity index is 437. The van der Waals surface area contributed by atoms with Crippen molar-refractivity contribution >= 4 is 11.3 Å². The van der Waals surface area contributed by atoms with E-state index in [0.29, 0.717) is 6.04 Å². The lowest BCUT2D eigenvalue weighted by Gasteiger charge is -2.26. The minimum absolute atomic E-state index is 0.0605. The van der Waals surface area contributed by atoms with Gasteiger partial charge in [-0.1, -0.05) is 12.8 Å². The van der Waals surface area contributed by atoms with E-state index in [-0.39, 0.29) is 5.60 Å². The number of nitrogens with one attached hydrogen (secondary N) is 1. The molecule has 0 spiro atoms. The number of aryl methyl sites for hydroxylation is 1. The maximum absolute atomic E-state index is 6.15. The Balaban J connectivity index is 1.94. The highest BCUT2D eigenvalue weighted by Crippen LogP contribution is 2.46. The summed E-state index contributed by atoms with van der Waals surface area (Å²) >= 11 is 1.91. The van der Waals surface area contributed by atoms with Crippen LogP contribution in [0.2, 0.25) is 0 Å². The molecule has 0 amide bonds. The second kappa shape index (κ2) is 5.51. The van der Waals surface area contributed by atoms with E-state index in [2.05, 4.69) is 12.2 Å². The lowest BCUT2D eigenvalue weighted by molar-refractivity contribution is -0.0392. The molecule has 1 fully saturated rings. The maximum atomic E-state index is 6.15. The summed E-state index contributed by atoms with van der Waals surface area (Å²) in [5.74, 6) is 0. The first-order valence-corrected chi connectivity index (χ1v) is 8.42. The highest BCUT2D eigenvalue weighted by molar-refractivity contribution is 7.11. The van der Waals surface area contributed by atoms with E-state index in [0.717, 1.165) is 19.4 Å². The van der Waals surface area contributed by atoms with Crippen molar-refractivity contribution in [1.82, 2.24) is 10.3 Å². The van der Waals surface area contributed by atoms with Crippen molar-refractivity contribution in [3.05, 3.63) is 15.6 Å². The van der Waals surface area contributed by atoms with Gasteiger partial charge in [-0.25, -0.2) is 4.98 Å². The Morgan fingerprint density at radius 1 is 1.37 bits per heavy atom. The van der Waals surface area contributed by atoms with Crippen LogP contribution in [0.3, 0.4) is 0 Å². The zero-order valence-corrected chi connectivity index (χ0v) is 12.8. The van der Waals surface area contributed by atoms with Crippen molar-refractivity contribution in [1.29, 1.82) is 0 Å². The number of rotatable bonds is 4. The van der Waals surface area contributed by atoms with E-state index in [1.54, 1.807) is 0 Å². The molecule has 19 heavy (non-hydrogen) atoms. The quantitative estimate of drug-likeness (QED) is 0.916. The third-order valence-electron chi connectivity index (χ3n) is 4.52. The Labute approximate surface area is 119 Å². The van der Waals surface area contributed by atoms with Crippen LogP contribution in [0.25, 0.3) is 0 Å². The van der Waals surface area contributed by atoms with Gasteiger partial charge < -0.3 is 10.1 Å². The van der Waals surface area contributed by atoms with Crippen LogP contribution in [0.4, 0.5) is 0 Å². The Morgan fingerprint density at radius 3 is 2.84 bits per heavy atom. The van der Waals surface area contributed by atoms with Gasteiger partial charge in [0.05, 0.1) is 11.7 Å². The highest BCUT2D eigenvalue weighted by Gasteiger charge is 2.40. The molecule has 0 saturated heterocycles. The molecule has 0 radical (unpaired) electrons. The normalized spacial score (nSPS) is 25.5. The molecule has 0 bridgehead atoms. The van der Waals surface area contributed by atoms with Gasteiger partial charge in [0.25, 0.3) is 0 Å². The molecule has 2 aliphatic rings. The third kappa shape index (κ3) is 2.34. The number of fused-ring (bicyclic) bond motifs is 1. The van der Waals surface area contributed by atoms with Crippen molar-refractivity contribution in [2.24, 2.45) is 0 Å². The topological polar surface area (TPSA) is 34.1 Å². The molecule has 1 saturated carbocycles. The third-order valence-corrected chi connectivity index (χ3v) is 5.84. The molecule has 2 aliphatic carbocycles. The van der Waals surface area contributed by atoms with E-state index in [9.17, 15) is 0 Å². The first-order valence-electron chi connectivity index (χ1n) is 7.60. The zero-order chi connectivity index (χ0) is 13.3. The summed E-state index contributed by atoms with van der Waals surface area (Å²) in [5.41, 5.74) is 1.24. The second-order valence-corrected chi connectivity index (χ2v) is 6.78. The molecule has 0 aliphatic heterocycles. The summed E-state index contributed by atoms with van der Waals surface area (Å²) in [6.07, 6.45) is 8.55. The van der Waals surface area contributed by atoms with Crippen molar-refractivity contribution < 1.29 is 4.74 Å². The lowest BCUT2D eigenvalue weighted by atomic mass is 9.97. The van der Waals surface area contributed by atoms with Gasteiger partial charge in [0.15, 0.2) is 0 Å². The van der Waals surface area contributed by atoms with Gasteiger partial charge in [-0.2, -0.15) is 0 Å². The van der Waals surface area contributed by atoms with E-state index >= 15 is 0 Å². The molecular weight excluding hydrogens is 256 g/mol. The predicted octanol–water partition coefficient (Wildman–Crippen LogP) is 3.55. The fourth-order valence-electron chi connectivity index (χ4n) is 3.54.